The predicted molar refractivity (Wildman–Crippen MR) is 86.8 cm³/mol. The van der Waals surface area contributed by atoms with Crippen LogP contribution in [0.5, 0.6) is 0 Å². The Balaban J connectivity index is 2.29. The summed E-state index contributed by atoms with van der Waals surface area (Å²) >= 11 is 9.44. The highest BCUT2D eigenvalue weighted by Gasteiger charge is 2.33. The van der Waals surface area contributed by atoms with E-state index in [2.05, 4.69) is 21.2 Å². The molecule has 110 valence electrons. The molecule has 0 saturated carbocycles. The van der Waals surface area contributed by atoms with E-state index < -0.39 is 0 Å². The number of ketones is 2. The van der Waals surface area contributed by atoms with E-state index in [4.69, 9.17) is 11.6 Å². The van der Waals surface area contributed by atoms with E-state index in [1.54, 1.807) is 24.3 Å². The van der Waals surface area contributed by atoms with Crippen LogP contribution < -0.4 is 5.32 Å². The van der Waals surface area contributed by atoms with Crippen LogP contribution in [-0.2, 0) is 4.79 Å². The highest BCUT2D eigenvalue weighted by atomic mass is 79.9. The van der Waals surface area contributed by atoms with Gasteiger partial charge in [-0.2, -0.15) is 0 Å². The molecule has 6 heteroatoms. The molecule has 0 spiro atoms. The van der Waals surface area contributed by atoms with Gasteiger partial charge in [-0.3, -0.25) is 14.4 Å². The molecule has 0 saturated heterocycles. The fourth-order valence-electron chi connectivity index (χ4n) is 2.47. The Morgan fingerprint density at radius 1 is 1.09 bits per heavy atom. The number of carbonyl (C=O) groups is 3. The second kappa shape index (κ2) is 5.34. The minimum Gasteiger partial charge on any atom is -0.324 e. The van der Waals surface area contributed by atoms with Crippen LogP contribution in [0.25, 0.3) is 0 Å². The summed E-state index contributed by atoms with van der Waals surface area (Å²) in [7, 11) is 0. The molecule has 4 nitrogen and oxygen atoms in total. The topological polar surface area (TPSA) is 63.2 Å². The quantitative estimate of drug-likeness (QED) is 0.700. The first-order valence-electron chi connectivity index (χ1n) is 6.40. The first kappa shape index (κ1) is 14.9. The Morgan fingerprint density at radius 2 is 1.68 bits per heavy atom. The third-order valence-electron chi connectivity index (χ3n) is 3.41. The summed E-state index contributed by atoms with van der Waals surface area (Å²) < 4.78 is 0.318. The van der Waals surface area contributed by atoms with Crippen LogP contribution in [0.1, 0.15) is 38.8 Å². The monoisotopic (exact) mass is 377 g/mol. The molecule has 0 bridgehead atoms. The Kier molecular flexibility index (Phi) is 3.62. The standard InChI is InChI=1S/C16H9BrClNO3/c1-7(20)19-14-11(18)6-10-12(13(14)17)16(22)9-5-3-2-4-8(9)15(10)21/h2-6H,1H3,(H,19,20). The number of amides is 1. The molecule has 0 unspecified atom stereocenters. The molecule has 0 heterocycles. The highest BCUT2D eigenvalue weighted by Crippen LogP contribution is 2.40. The second-order valence-corrected chi connectivity index (χ2v) is 6.06. The maximum absolute atomic E-state index is 12.7. The number of fused-ring (bicyclic) bond motifs is 2. The average Bonchev–Trinajstić information content (AvgIpc) is 2.48. The van der Waals surface area contributed by atoms with Crippen LogP contribution in [0.3, 0.4) is 0 Å². The van der Waals surface area contributed by atoms with E-state index in [9.17, 15) is 14.4 Å². The van der Waals surface area contributed by atoms with Crippen LogP contribution in [0.2, 0.25) is 5.02 Å². The fourth-order valence-corrected chi connectivity index (χ4v) is 3.54. The van der Waals surface area contributed by atoms with E-state index in [-0.39, 0.29) is 39.3 Å². The number of benzene rings is 2. The van der Waals surface area contributed by atoms with Gasteiger partial charge >= 0.3 is 0 Å². The van der Waals surface area contributed by atoms with Crippen molar-refractivity contribution in [3.8, 4) is 0 Å². The van der Waals surface area contributed by atoms with Gasteiger partial charge in [0, 0.05) is 23.6 Å². The van der Waals surface area contributed by atoms with Gasteiger partial charge in [-0.15, -0.1) is 0 Å². The number of hydrogen-bond acceptors (Lipinski definition) is 3. The molecule has 2 aromatic carbocycles. The zero-order chi connectivity index (χ0) is 16.0. The molecular weight excluding hydrogens is 370 g/mol. The SMILES string of the molecule is CC(=O)Nc1c(Cl)cc2c(c1Br)C(=O)c1ccccc1C2=O. The number of rotatable bonds is 1. The van der Waals surface area contributed by atoms with Crippen molar-refractivity contribution in [2.45, 2.75) is 6.92 Å². The number of anilines is 1. The van der Waals surface area contributed by atoms with E-state index in [0.29, 0.717) is 15.6 Å². The van der Waals surface area contributed by atoms with E-state index in [1.807, 2.05) is 0 Å². The van der Waals surface area contributed by atoms with E-state index >= 15 is 0 Å². The summed E-state index contributed by atoms with van der Waals surface area (Å²) in [5.74, 6) is -0.861. The predicted octanol–water partition coefficient (Wildman–Crippen LogP) is 3.84. The van der Waals surface area contributed by atoms with Gasteiger partial charge in [-0.1, -0.05) is 35.9 Å². The molecule has 1 aliphatic rings. The van der Waals surface area contributed by atoms with Crippen molar-refractivity contribution in [1.29, 1.82) is 0 Å². The van der Waals surface area contributed by atoms with Gasteiger partial charge < -0.3 is 5.32 Å². The lowest BCUT2D eigenvalue weighted by Crippen LogP contribution is -2.22. The van der Waals surface area contributed by atoms with E-state index in [0.717, 1.165) is 0 Å². The Morgan fingerprint density at radius 3 is 2.27 bits per heavy atom. The lowest BCUT2D eigenvalue weighted by molar-refractivity contribution is -0.114. The first-order chi connectivity index (χ1) is 10.4. The Labute approximate surface area is 139 Å². The van der Waals surface area contributed by atoms with Crippen molar-refractivity contribution in [2.75, 3.05) is 5.32 Å². The smallest absolute Gasteiger partial charge is 0.221 e. The van der Waals surface area contributed by atoms with Gasteiger partial charge in [0.1, 0.15) is 0 Å². The lowest BCUT2D eigenvalue weighted by atomic mass is 9.84. The molecule has 3 rings (SSSR count). The minimum absolute atomic E-state index is 0.196. The van der Waals surface area contributed by atoms with Gasteiger partial charge in [0.25, 0.3) is 0 Å². The Bertz CT molecular complexity index is 861. The summed E-state index contributed by atoms with van der Waals surface area (Å²) in [6, 6.07) is 8.05. The summed E-state index contributed by atoms with van der Waals surface area (Å²) in [4.78, 5) is 36.5. The van der Waals surface area contributed by atoms with Gasteiger partial charge in [-0.05, 0) is 22.0 Å². The fraction of sp³-hybridized carbons (Fsp3) is 0.0625. The van der Waals surface area contributed by atoms with E-state index in [1.165, 1.54) is 13.0 Å². The van der Waals surface area contributed by atoms with Gasteiger partial charge in [0.15, 0.2) is 11.6 Å². The lowest BCUT2D eigenvalue weighted by Gasteiger charge is -2.21. The van der Waals surface area contributed by atoms with Gasteiger partial charge in [-0.25, -0.2) is 0 Å². The summed E-state index contributed by atoms with van der Waals surface area (Å²) in [5, 5.41) is 2.77. The van der Waals surface area contributed by atoms with Crippen molar-refractivity contribution >= 4 is 50.7 Å². The average molecular weight is 379 g/mol. The third-order valence-corrected chi connectivity index (χ3v) is 4.50. The Hall–Kier alpha value is -1.98. The molecule has 0 aromatic heterocycles. The summed E-state index contributed by atoms with van der Waals surface area (Å²) in [6.45, 7) is 1.34. The first-order valence-corrected chi connectivity index (χ1v) is 7.57. The molecule has 0 fully saturated rings. The molecule has 0 radical (unpaired) electrons. The van der Waals surface area contributed by atoms with Gasteiger partial charge in [0.2, 0.25) is 5.91 Å². The molecule has 0 atom stereocenters. The highest BCUT2D eigenvalue weighted by molar-refractivity contribution is 9.10. The third kappa shape index (κ3) is 2.17. The van der Waals surface area contributed by atoms with Crippen molar-refractivity contribution < 1.29 is 14.4 Å². The van der Waals surface area contributed by atoms with Crippen LogP contribution in [-0.4, -0.2) is 17.5 Å². The maximum atomic E-state index is 12.7. The van der Waals surface area contributed by atoms with Crippen LogP contribution in [0.4, 0.5) is 5.69 Å². The zero-order valence-electron chi connectivity index (χ0n) is 11.4. The molecule has 2 aromatic rings. The number of carbonyl (C=O) groups excluding carboxylic acids is 3. The van der Waals surface area contributed by atoms with Crippen LogP contribution in [0.15, 0.2) is 34.8 Å². The second-order valence-electron chi connectivity index (χ2n) is 4.85. The van der Waals surface area contributed by atoms with Crippen molar-refractivity contribution in [3.63, 3.8) is 0 Å². The number of halogens is 2. The molecule has 1 amide bonds. The number of nitrogens with one attached hydrogen (secondary N) is 1. The largest absolute Gasteiger partial charge is 0.324 e. The zero-order valence-corrected chi connectivity index (χ0v) is 13.7. The molecular formula is C16H9BrClNO3. The van der Waals surface area contributed by atoms with Gasteiger partial charge in [0.05, 0.1) is 20.7 Å². The minimum atomic E-state index is -0.322. The molecule has 1 aliphatic carbocycles. The summed E-state index contributed by atoms with van der Waals surface area (Å²) in [5.41, 5.74) is 1.44. The number of hydrogen-bond donors (Lipinski definition) is 1. The normalized spacial score (nSPS) is 12.7. The molecule has 1 N–H and O–H groups in total. The summed E-state index contributed by atoms with van der Waals surface area (Å²) in [6.07, 6.45) is 0. The van der Waals surface area contributed by atoms with Crippen molar-refractivity contribution in [3.05, 3.63) is 62.1 Å². The van der Waals surface area contributed by atoms with Crippen molar-refractivity contribution in [1.82, 2.24) is 0 Å². The van der Waals surface area contributed by atoms with Crippen molar-refractivity contribution in [2.24, 2.45) is 0 Å². The molecule has 22 heavy (non-hydrogen) atoms. The van der Waals surface area contributed by atoms with Crippen LogP contribution >= 0.6 is 27.5 Å². The van der Waals surface area contributed by atoms with Crippen LogP contribution in [0, 0.1) is 0 Å². The maximum Gasteiger partial charge on any atom is 0.221 e. The molecule has 0 aliphatic heterocycles.